The monoisotopic (exact) mass is 446 g/mol. The van der Waals surface area contributed by atoms with Crippen molar-refractivity contribution in [1.82, 2.24) is 0 Å². The Bertz CT molecular complexity index is 481. The number of rotatable bonds is 22. The van der Waals surface area contributed by atoms with E-state index in [0.717, 1.165) is 25.7 Å². The van der Waals surface area contributed by atoms with E-state index in [1.165, 1.54) is 122 Å². The summed E-state index contributed by atoms with van der Waals surface area (Å²) >= 11 is 0. The van der Waals surface area contributed by atoms with Crippen LogP contribution in [0, 0.1) is 5.41 Å². The van der Waals surface area contributed by atoms with Gasteiger partial charge in [-0.15, -0.1) is 0 Å². The van der Waals surface area contributed by atoms with E-state index in [2.05, 4.69) is 13.8 Å². The van der Waals surface area contributed by atoms with E-state index in [9.17, 15) is 9.59 Å². The van der Waals surface area contributed by atoms with Gasteiger partial charge in [0, 0.05) is 11.8 Å². The molecule has 0 saturated heterocycles. The Morgan fingerprint density at radius 3 is 1.25 bits per heavy atom. The molecule has 0 atom stereocenters. The SMILES string of the molecule is CCCCCCCCCCCCC1(CCCCCCCCCCCC)CC(=O)C=CC1=O. The van der Waals surface area contributed by atoms with Crippen molar-refractivity contribution in [2.24, 2.45) is 5.41 Å². The van der Waals surface area contributed by atoms with Gasteiger partial charge in [-0.25, -0.2) is 0 Å². The van der Waals surface area contributed by atoms with Gasteiger partial charge in [-0.2, -0.15) is 0 Å². The molecule has 0 aromatic rings. The van der Waals surface area contributed by atoms with Gasteiger partial charge in [-0.05, 0) is 25.0 Å². The molecule has 2 heteroatoms. The summed E-state index contributed by atoms with van der Waals surface area (Å²) in [4.78, 5) is 25.0. The summed E-state index contributed by atoms with van der Waals surface area (Å²) in [6, 6.07) is 0. The van der Waals surface area contributed by atoms with Gasteiger partial charge in [-0.3, -0.25) is 9.59 Å². The molecule has 0 aliphatic heterocycles. The summed E-state index contributed by atoms with van der Waals surface area (Å²) in [6.45, 7) is 4.54. The second kappa shape index (κ2) is 19.5. The van der Waals surface area contributed by atoms with Gasteiger partial charge in [0.15, 0.2) is 11.6 Å². The van der Waals surface area contributed by atoms with E-state index in [1.807, 2.05) is 0 Å². The van der Waals surface area contributed by atoms with Crippen molar-refractivity contribution in [3.63, 3.8) is 0 Å². The molecule has 32 heavy (non-hydrogen) atoms. The van der Waals surface area contributed by atoms with Crippen molar-refractivity contribution in [2.45, 2.75) is 162 Å². The third kappa shape index (κ3) is 13.6. The van der Waals surface area contributed by atoms with E-state index in [-0.39, 0.29) is 17.0 Å². The Hall–Kier alpha value is -0.920. The Labute approximate surface area is 200 Å². The average Bonchev–Trinajstić information content (AvgIpc) is 2.79. The molecule has 186 valence electrons. The zero-order chi connectivity index (χ0) is 23.3. The van der Waals surface area contributed by atoms with E-state index in [4.69, 9.17) is 0 Å². The topological polar surface area (TPSA) is 34.1 Å². The fraction of sp³-hybridized carbons (Fsp3) is 0.867. The summed E-state index contributed by atoms with van der Waals surface area (Å²) in [5, 5.41) is 0. The molecule has 0 N–H and O–H groups in total. The van der Waals surface area contributed by atoms with Crippen LogP contribution in [0.1, 0.15) is 162 Å². The molecular formula is C30H54O2. The lowest BCUT2D eigenvalue weighted by molar-refractivity contribution is -0.131. The molecule has 1 aliphatic rings. The van der Waals surface area contributed by atoms with Crippen LogP contribution < -0.4 is 0 Å². The minimum atomic E-state index is -0.383. The molecule has 0 fully saturated rings. The van der Waals surface area contributed by atoms with Crippen LogP contribution in [-0.2, 0) is 9.59 Å². The Kier molecular flexibility index (Phi) is 17.8. The number of ketones is 2. The molecule has 0 aromatic heterocycles. The maximum Gasteiger partial charge on any atom is 0.162 e. The lowest BCUT2D eigenvalue weighted by Crippen LogP contribution is -2.35. The molecule has 0 bridgehead atoms. The van der Waals surface area contributed by atoms with Crippen LogP contribution in [0.3, 0.4) is 0 Å². The number of unbranched alkanes of at least 4 members (excludes halogenated alkanes) is 18. The van der Waals surface area contributed by atoms with Crippen LogP contribution in [0.4, 0.5) is 0 Å². The highest BCUT2D eigenvalue weighted by atomic mass is 16.1. The van der Waals surface area contributed by atoms with E-state index < -0.39 is 0 Å². The maximum absolute atomic E-state index is 12.8. The van der Waals surface area contributed by atoms with Gasteiger partial charge in [-0.1, -0.05) is 142 Å². The third-order valence-electron chi connectivity index (χ3n) is 7.47. The fourth-order valence-corrected chi connectivity index (χ4v) is 5.27. The Morgan fingerprint density at radius 1 is 0.531 bits per heavy atom. The van der Waals surface area contributed by atoms with Gasteiger partial charge < -0.3 is 0 Å². The van der Waals surface area contributed by atoms with Crippen molar-refractivity contribution in [2.75, 3.05) is 0 Å². The van der Waals surface area contributed by atoms with Crippen LogP contribution in [0.15, 0.2) is 12.2 Å². The maximum atomic E-state index is 12.8. The lowest BCUT2D eigenvalue weighted by Gasteiger charge is -2.33. The minimum absolute atomic E-state index is 0.156. The first kappa shape index (κ1) is 29.1. The lowest BCUT2D eigenvalue weighted by atomic mass is 9.69. The van der Waals surface area contributed by atoms with Crippen molar-refractivity contribution < 1.29 is 9.59 Å². The largest absolute Gasteiger partial charge is 0.295 e. The number of allylic oxidation sites excluding steroid dienone is 2. The molecule has 0 amide bonds. The number of carbonyl (C=O) groups is 2. The average molecular weight is 447 g/mol. The summed E-state index contributed by atoms with van der Waals surface area (Å²) in [5.74, 6) is 0.382. The van der Waals surface area contributed by atoms with Crippen molar-refractivity contribution in [3.8, 4) is 0 Å². The van der Waals surface area contributed by atoms with Gasteiger partial charge in [0.25, 0.3) is 0 Å². The minimum Gasteiger partial charge on any atom is -0.295 e. The van der Waals surface area contributed by atoms with Gasteiger partial charge in [0.05, 0.1) is 0 Å². The van der Waals surface area contributed by atoms with Crippen LogP contribution in [0.2, 0.25) is 0 Å². The van der Waals surface area contributed by atoms with E-state index in [0.29, 0.717) is 6.42 Å². The van der Waals surface area contributed by atoms with Crippen LogP contribution in [0.25, 0.3) is 0 Å². The normalized spacial score (nSPS) is 15.6. The highest BCUT2D eigenvalue weighted by Gasteiger charge is 2.39. The van der Waals surface area contributed by atoms with Crippen molar-refractivity contribution in [3.05, 3.63) is 12.2 Å². The predicted molar refractivity (Wildman–Crippen MR) is 139 cm³/mol. The molecule has 0 radical (unpaired) electrons. The summed E-state index contributed by atoms with van der Waals surface area (Å²) in [7, 11) is 0. The summed E-state index contributed by atoms with van der Waals surface area (Å²) in [5.41, 5.74) is -0.383. The first-order chi connectivity index (χ1) is 15.6. The van der Waals surface area contributed by atoms with E-state index in [1.54, 1.807) is 6.08 Å². The molecule has 0 unspecified atom stereocenters. The van der Waals surface area contributed by atoms with Crippen LogP contribution in [0.5, 0.6) is 0 Å². The van der Waals surface area contributed by atoms with Crippen LogP contribution in [-0.4, -0.2) is 11.6 Å². The smallest absolute Gasteiger partial charge is 0.162 e. The molecular weight excluding hydrogens is 392 g/mol. The molecule has 1 aliphatic carbocycles. The first-order valence-electron chi connectivity index (χ1n) is 14.4. The molecule has 0 spiro atoms. The zero-order valence-electron chi connectivity index (χ0n) is 21.7. The van der Waals surface area contributed by atoms with Crippen molar-refractivity contribution in [1.29, 1.82) is 0 Å². The van der Waals surface area contributed by atoms with E-state index >= 15 is 0 Å². The zero-order valence-corrected chi connectivity index (χ0v) is 21.7. The number of hydrogen-bond donors (Lipinski definition) is 0. The summed E-state index contributed by atoms with van der Waals surface area (Å²) < 4.78 is 0. The number of carbonyl (C=O) groups excluding carboxylic acids is 2. The predicted octanol–water partition coefficient (Wildman–Crippen LogP) is 9.69. The number of hydrogen-bond acceptors (Lipinski definition) is 2. The highest BCUT2D eigenvalue weighted by molar-refractivity contribution is 6.07. The van der Waals surface area contributed by atoms with Gasteiger partial charge >= 0.3 is 0 Å². The quantitative estimate of drug-likeness (QED) is 0.155. The summed E-state index contributed by atoms with van der Waals surface area (Å²) in [6.07, 6.45) is 31.6. The molecule has 0 heterocycles. The van der Waals surface area contributed by atoms with Gasteiger partial charge in [0.1, 0.15) is 0 Å². The van der Waals surface area contributed by atoms with Crippen molar-refractivity contribution >= 4 is 11.6 Å². The molecule has 0 aromatic carbocycles. The Balaban J connectivity index is 2.22. The second-order valence-electron chi connectivity index (χ2n) is 10.5. The third-order valence-corrected chi connectivity index (χ3v) is 7.47. The second-order valence-corrected chi connectivity index (χ2v) is 10.5. The highest BCUT2D eigenvalue weighted by Crippen LogP contribution is 2.39. The standard InChI is InChI=1S/C30H54O2/c1-3-5-7-9-11-13-15-17-19-21-25-30(27-28(31)23-24-29(30)32)26-22-20-18-16-14-12-10-8-6-4-2/h23-24H,3-22,25-27H2,1-2H3. The Morgan fingerprint density at radius 2 is 0.875 bits per heavy atom. The van der Waals surface area contributed by atoms with Crippen LogP contribution >= 0.6 is 0 Å². The fourth-order valence-electron chi connectivity index (χ4n) is 5.27. The molecule has 2 nitrogen and oxygen atoms in total. The first-order valence-corrected chi connectivity index (χ1v) is 14.4. The van der Waals surface area contributed by atoms with Gasteiger partial charge in [0.2, 0.25) is 0 Å². The molecule has 1 rings (SSSR count). The molecule has 0 saturated carbocycles.